The Kier molecular flexibility index (Phi) is 4.07. The van der Waals surface area contributed by atoms with Crippen LogP contribution in [0.25, 0.3) is 0 Å². The van der Waals surface area contributed by atoms with Crippen molar-refractivity contribution in [2.75, 3.05) is 6.54 Å². The average molecular weight is 250 g/mol. The summed E-state index contributed by atoms with van der Waals surface area (Å²) in [6.45, 7) is 4.54. The fraction of sp³-hybridized carbons (Fsp3) is 0.643. The van der Waals surface area contributed by atoms with Gasteiger partial charge in [0.15, 0.2) is 0 Å². The molecule has 0 saturated heterocycles. The molecule has 1 saturated carbocycles. The SMILES string of the molecule is Cc1cc(C)c(C(=O)NCC2CCCC(O)C2)[nH]1. The number of carbonyl (C=O) groups excluding carboxylic acids is 1. The van der Waals surface area contributed by atoms with Crippen LogP contribution >= 0.6 is 0 Å². The van der Waals surface area contributed by atoms with Gasteiger partial charge in [-0.3, -0.25) is 4.79 Å². The van der Waals surface area contributed by atoms with E-state index in [0.29, 0.717) is 18.2 Å². The second-order valence-electron chi connectivity index (χ2n) is 5.41. The van der Waals surface area contributed by atoms with E-state index in [9.17, 15) is 9.90 Å². The monoisotopic (exact) mass is 250 g/mol. The fourth-order valence-corrected chi connectivity index (χ4v) is 2.74. The Bertz CT molecular complexity index is 425. The van der Waals surface area contributed by atoms with E-state index in [2.05, 4.69) is 10.3 Å². The van der Waals surface area contributed by atoms with Crippen LogP contribution in [-0.2, 0) is 0 Å². The molecule has 1 fully saturated rings. The lowest BCUT2D eigenvalue weighted by Crippen LogP contribution is -2.33. The van der Waals surface area contributed by atoms with Crippen molar-refractivity contribution in [3.8, 4) is 0 Å². The summed E-state index contributed by atoms with van der Waals surface area (Å²) < 4.78 is 0. The molecule has 0 aliphatic heterocycles. The Morgan fingerprint density at radius 2 is 2.28 bits per heavy atom. The minimum Gasteiger partial charge on any atom is -0.393 e. The molecule has 1 aromatic rings. The third-order valence-corrected chi connectivity index (χ3v) is 3.68. The van der Waals surface area contributed by atoms with Crippen LogP contribution in [0.4, 0.5) is 0 Å². The molecule has 2 rings (SSSR count). The Balaban J connectivity index is 1.86. The van der Waals surface area contributed by atoms with Crippen LogP contribution in [0.3, 0.4) is 0 Å². The molecule has 18 heavy (non-hydrogen) atoms. The van der Waals surface area contributed by atoms with Crippen LogP contribution in [0.1, 0.15) is 47.4 Å². The molecule has 1 aliphatic rings. The van der Waals surface area contributed by atoms with Crippen LogP contribution in [0.15, 0.2) is 6.07 Å². The van der Waals surface area contributed by atoms with E-state index in [4.69, 9.17) is 0 Å². The van der Waals surface area contributed by atoms with Crippen LogP contribution in [0, 0.1) is 19.8 Å². The number of H-pyrrole nitrogens is 1. The summed E-state index contributed by atoms with van der Waals surface area (Å²) in [7, 11) is 0. The van der Waals surface area contributed by atoms with Crippen molar-refractivity contribution in [2.24, 2.45) is 5.92 Å². The number of rotatable bonds is 3. The summed E-state index contributed by atoms with van der Waals surface area (Å²) in [6, 6.07) is 1.97. The van der Waals surface area contributed by atoms with Crippen LogP contribution in [0.2, 0.25) is 0 Å². The Morgan fingerprint density at radius 1 is 1.50 bits per heavy atom. The quantitative estimate of drug-likeness (QED) is 0.767. The molecule has 4 nitrogen and oxygen atoms in total. The van der Waals surface area contributed by atoms with Gasteiger partial charge in [-0.25, -0.2) is 0 Å². The second-order valence-corrected chi connectivity index (χ2v) is 5.41. The standard InChI is InChI=1S/C14H22N2O2/c1-9-6-10(2)16-13(9)14(18)15-8-11-4-3-5-12(17)7-11/h6,11-12,16-17H,3-5,7-8H2,1-2H3,(H,15,18). The van der Waals surface area contributed by atoms with E-state index in [1.54, 1.807) is 0 Å². The highest BCUT2D eigenvalue weighted by molar-refractivity contribution is 5.93. The predicted molar refractivity (Wildman–Crippen MR) is 70.6 cm³/mol. The first kappa shape index (κ1) is 13.1. The van der Waals surface area contributed by atoms with Crippen molar-refractivity contribution in [1.82, 2.24) is 10.3 Å². The minimum absolute atomic E-state index is 0.0411. The van der Waals surface area contributed by atoms with Gasteiger partial charge in [-0.05, 0) is 50.7 Å². The third kappa shape index (κ3) is 3.13. The van der Waals surface area contributed by atoms with E-state index in [1.165, 1.54) is 0 Å². The Labute approximate surface area is 108 Å². The Hall–Kier alpha value is -1.29. The zero-order chi connectivity index (χ0) is 13.1. The minimum atomic E-state index is -0.185. The molecule has 0 spiro atoms. The highest BCUT2D eigenvalue weighted by Gasteiger charge is 2.21. The molecule has 4 heteroatoms. The highest BCUT2D eigenvalue weighted by atomic mass is 16.3. The molecule has 0 bridgehead atoms. The smallest absolute Gasteiger partial charge is 0.267 e. The molecular weight excluding hydrogens is 228 g/mol. The van der Waals surface area contributed by atoms with Gasteiger partial charge in [-0.2, -0.15) is 0 Å². The maximum atomic E-state index is 12.0. The normalized spacial score (nSPS) is 23.9. The van der Waals surface area contributed by atoms with Gasteiger partial charge in [0.2, 0.25) is 0 Å². The molecule has 0 radical (unpaired) electrons. The summed E-state index contributed by atoms with van der Waals surface area (Å²) in [5, 5.41) is 12.6. The molecule has 1 amide bonds. The summed E-state index contributed by atoms with van der Waals surface area (Å²) >= 11 is 0. The number of aliphatic hydroxyl groups excluding tert-OH is 1. The fourth-order valence-electron chi connectivity index (χ4n) is 2.74. The van der Waals surface area contributed by atoms with Crippen molar-refractivity contribution in [3.05, 3.63) is 23.0 Å². The van der Waals surface area contributed by atoms with Crippen molar-refractivity contribution in [1.29, 1.82) is 0 Å². The van der Waals surface area contributed by atoms with Gasteiger partial charge >= 0.3 is 0 Å². The van der Waals surface area contributed by atoms with Gasteiger partial charge in [0.1, 0.15) is 5.69 Å². The number of nitrogens with one attached hydrogen (secondary N) is 2. The topological polar surface area (TPSA) is 65.1 Å². The van der Waals surface area contributed by atoms with Gasteiger partial charge in [-0.1, -0.05) is 6.42 Å². The van der Waals surface area contributed by atoms with Crippen LogP contribution in [-0.4, -0.2) is 28.6 Å². The molecule has 1 aliphatic carbocycles. The zero-order valence-corrected chi connectivity index (χ0v) is 11.1. The van der Waals surface area contributed by atoms with Crippen molar-refractivity contribution in [3.63, 3.8) is 0 Å². The molecule has 1 aromatic heterocycles. The molecular formula is C14H22N2O2. The summed E-state index contributed by atoms with van der Waals surface area (Å²) in [4.78, 5) is 15.1. The summed E-state index contributed by atoms with van der Waals surface area (Å²) in [5.74, 6) is 0.370. The van der Waals surface area contributed by atoms with Crippen LogP contribution < -0.4 is 5.32 Å². The number of aryl methyl sites for hydroxylation is 2. The van der Waals surface area contributed by atoms with E-state index >= 15 is 0 Å². The largest absolute Gasteiger partial charge is 0.393 e. The molecule has 3 N–H and O–H groups in total. The third-order valence-electron chi connectivity index (χ3n) is 3.68. The first-order valence-corrected chi connectivity index (χ1v) is 6.68. The van der Waals surface area contributed by atoms with E-state index in [-0.39, 0.29) is 12.0 Å². The van der Waals surface area contributed by atoms with Gasteiger partial charge in [0.25, 0.3) is 5.91 Å². The number of aromatic amines is 1. The molecule has 100 valence electrons. The Morgan fingerprint density at radius 3 is 2.89 bits per heavy atom. The number of amides is 1. The summed E-state index contributed by atoms with van der Waals surface area (Å²) in [6.07, 6.45) is 3.68. The molecule has 2 atom stereocenters. The molecule has 0 aromatic carbocycles. The van der Waals surface area contributed by atoms with Gasteiger partial charge in [0, 0.05) is 12.2 Å². The number of hydrogen-bond donors (Lipinski definition) is 3. The summed E-state index contributed by atoms with van der Waals surface area (Å²) in [5.41, 5.74) is 2.64. The highest BCUT2D eigenvalue weighted by Crippen LogP contribution is 2.23. The first-order valence-electron chi connectivity index (χ1n) is 6.68. The first-order chi connectivity index (χ1) is 8.56. The van der Waals surface area contributed by atoms with Crippen molar-refractivity contribution >= 4 is 5.91 Å². The lowest BCUT2D eigenvalue weighted by Gasteiger charge is -2.25. The van der Waals surface area contributed by atoms with Crippen LogP contribution in [0.5, 0.6) is 0 Å². The average Bonchev–Trinajstić information content (AvgIpc) is 2.66. The second kappa shape index (κ2) is 5.57. The maximum absolute atomic E-state index is 12.0. The van der Waals surface area contributed by atoms with E-state index in [1.807, 2.05) is 19.9 Å². The number of aromatic nitrogens is 1. The molecule has 2 unspecified atom stereocenters. The maximum Gasteiger partial charge on any atom is 0.267 e. The lowest BCUT2D eigenvalue weighted by molar-refractivity contribution is 0.0870. The predicted octanol–water partition coefficient (Wildman–Crippen LogP) is 1.91. The van der Waals surface area contributed by atoms with E-state index < -0.39 is 0 Å². The number of hydrogen-bond acceptors (Lipinski definition) is 2. The van der Waals surface area contributed by atoms with E-state index in [0.717, 1.165) is 36.9 Å². The van der Waals surface area contributed by atoms with Crippen molar-refractivity contribution in [2.45, 2.75) is 45.6 Å². The van der Waals surface area contributed by atoms with Crippen molar-refractivity contribution < 1.29 is 9.90 Å². The van der Waals surface area contributed by atoms with Gasteiger partial charge in [-0.15, -0.1) is 0 Å². The molecule has 1 heterocycles. The number of aliphatic hydroxyl groups is 1. The lowest BCUT2D eigenvalue weighted by atomic mass is 9.87. The zero-order valence-electron chi connectivity index (χ0n) is 11.1. The van der Waals surface area contributed by atoms with Gasteiger partial charge in [0.05, 0.1) is 6.10 Å². The van der Waals surface area contributed by atoms with Gasteiger partial charge < -0.3 is 15.4 Å². The number of carbonyl (C=O) groups is 1.